The molecule has 5 heteroatoms. The van der Waals surface area contributed by atoms with Gasteiger partial charge in [-0.3, -0.25) is 9.59 Å². The number of hydrogen-bond donors (Lipinski definition) is 0. The first kappa shape index (κ1) is 17.3. The van der Waals surface area contributed by atoms with Crippen LogP contribution in [-0.2, 0) is 9.59 Å². The average Bonchev–Trinajstić information content (AvgIpc) is 3.36. The summed E-state index contributed by atoms with van der Waals surface area (Å²) in [6.07, 6.45) is 2.38. The summed E-state index contributed by atoms with van der Waals surface area (Å²) < 4.78 is 0. The summed E-state index contributed by atoms with van der Waals surface area (Å²) in [5.41, 5.74) is 3.23. The van der Waals surface area contributed by atoms with Crippen molar-refractivity contribution in [3.63, 3.8) is 0 Å². The highest BCUT2D eigenvalue weighted by molar-refractivity contribution is 7.10. The van der Waals surface area contributed by atoms with Gasteiger partial charge in [0.15, 0.2) is 0 Å². The van der Waals surface area contributed by atoms with Gasteiger partial charge in [0, 0.05) is 30.1 Å². The zero-order valence-corrected chi connectivity index (χ0v) is 16.1. The third-order valence-corrected chi connectivity index (χ3v) is 6.72. The van der Waals surface area contributed by atoms with Gasteiger partial charge in [0.25, 0.3) is 0 Å². The molecule has 3 heterocycles. The van der Waals surface area contributed by atoms with Crippen LogP contribution in [0.25, 0.3) is 0 Å². The molecule has 0 aliphatic carbocycles. The Hall–Kier alpha value is -2.14. The lowest BCUT2D eigenvalue weighted by Gasteiger charge is -2.27. The van der Waals surface area contributed by atoms with Crippen molar-refractivity contribution in [3.05, 3.63) is 51.7 Å². The van der Waals surface area contributed by atoms with Gasteiger partial charge in [-0.1, -0.05) is 18.2 Å². The molecule has 136 valence electrons. The van der Waals surface area contributed by atoms with E-state index in [-0.39, 0.29) is 23.8 Å². The first-order valence-corrected chi connectivity index (χ1v) is 10.1. The van der Waals surface area contributed by atoms with Crippen LogP contribution in [0, 0.1) is 19.8 Å². The summed E-state index contributed by atoms with van der Waals surface area (Å²) in [4.78, 5) is 30.9. The molecule has 0 radical (unpaired) electrons. The van der Waals surface area contributed by atoms with E-state index in [0.717, 1.165) is 30.6 Å². The number of thiophene rings is 1. The number of hydrogen-bond acceptors (Lipinski definition) is 3. The normalized spacial score (nSPS) is 23.1. The molecule has 0 N–H and O–H groups in total. The molecule has 26 heavy (non-hydrogen) atoms. The monoisotopic (exact) mass is 368 g/mol. The topological polar surface area (TPSA) is 40.6 Å². The highest BCUT2D eigenvalue weighted by Gasteiger charge is 2.41. The van der Waals surface area contributed by atoms with Gasteiger partial charge in [-0.05, 0) is 55.3 Å². The second-order valence-electron chi connectivity index (χ2n) is 7.33. The van der Waals surface area contributed by atoms with E-state index >= 15 is 0 Å². The van der Waals surface area contributed by atoms with E-state index in [1.807, 2.05) is 30.0 Å². The Morgan fingerprint density at radius 2 is 2.04 bits per heavy atom. The van der Waals surface area contributed by atoms with Crippen LogP contribution in [0.1, 0.15) is 41.3 Å². The Bertz CT molecular complexity index is 831. The second-order valence-corrected chi connectivity index (χ2v) is 8.31. The first-order valence-electron chi connectivity index (χ1n) is 9.26. The van der Waals surface area contributed by atoms with Crippen LogP contribution < -0.4 is 4.90 Å². The molecule has 2 amide bonds. The van der Waals surface area contributed by atoms with Crippen LogP contribution in [0.4, 0.5) is 5.69 Å². The molecular weight excluding hydrogens is 344 g/mol. The smallest absolute Gasteiger partial charge is 0.228 e. The van der Waals surface area contributed by atoms with Gasteiger partial charge in [0.1, 0.15) is 0 Å². The summed E-state index contributed by atoms with van der Waals surface area (Å²) in [6.45, 7) is 5.39. The minimum absolute atomic E-state index is 0.0592. The molecule has 0 bridgehead atoms. The molecule has 2 atom stereocenters. The van der Waals surface area contributed by atoms with Crippen molar-refractivity contribution in [3.8, 4) is 0 Å². The summed E-state index contributed by atoms with van der Waals surface area (Å²) in [5, 5.41) is 2.07. The standard InChI is InChI=1S/C21H24N2O2S/c1-14-6-3-7-17(15(14)2)23-13-16(12-20(23)24)21(25)22-10-4-8-18(22)19-9-5-11-26-19/h3,5-7,9,11,16,18H,4,8,10,12-13H2,1-2H3/t16-,18+/m0/s1. The summed E-state index contributed by atoms with van der Waals surface area (Å²) in [7, 11) is 0. The number of likely N-dealkylation sites (tertiary alicyclic amines) is 1. The number of benzene rings is 1. The number of aryl methyl sites for hydroxylation is 1. The van der Waals surface area contributed by atoms with Crippen LogP contribution in [0.5, 0.6) is 0 Å². The molecule has 2 saturated heterocycles. The van der Waals surface area contributed by atoms with Crippen molar-refractivity contribution in [2.24, 2.45) is 5.92 Å². The van der Waals surface area contributed by atoms with Crippen molar-refractivity contribution < 1.29 is 9.59 Å². The zero-order chi connectivity index (χ0) is 18.3. The summed E-state index contributed by atoms with van der Waals surface area (Å²) in [5.74, 6) is -0.0334. The fourth-order valence-electron chi connectivity index (χ4n) is 4.18. The van der Waals surface area contributed by atoms with E-state index in [9.17, 15) is 9.59 Å². The quantitative estimate of drug-likeness (QED) is 0.819. The Labute approximate surface area is 158 Å². The molecule has 4 rings (SSSR count). The third-order valence-electron chi connectivity index (χ3n) is 5.75. The van der Waals surface area contributed by atoms with Gasteiger partial charge in [0.2, 0.25) is 11.8 Å². The largest absolute Gasteiger partial charge is 0.335 e. The van der Waals surface area contributed by atoms with Crippen molar-refractivity contribution in [1.82, 2.24) is 4.90 Å². The molecule has 2 aromatic rings. The van der Waals surface area contributed by atoms with Crippen LogP contribution in [0.3, 0.4) is 0 Å². The van der Waals surface area contributed by atoms with Gasteiger partial charge >= 0.3 is 0 Å². The maximum Gasteiger partial charge on any atom is 0.228 e. The van der Waals surface area contributed by atoms with Crippen LogP contribution in [0.2, 0.25) is 0 Å². The molecule has 2 aliphatic heterocycles. The zero-order valence-electron chi connectivity index (χ0n) is 15.3. The molecular formula is C21H24N2O2S. The van der Waals surface area contributed by atoms with Crippen molar-refractivity contribution in [2.45, 2.75) is 39.2 Å². The summed E-state index contributed by atoms with van der Waals surface area (Å²) in [6, 6.07) is 10.4. The fourth-order valence-corrected chi connectivity index (χ4v) is 5.05. The van der Waals surface area contributed by atoms with Crippen LogP contribution in [-0.4, -0.2) is 29.8 Å². The van der Waals surface area contributed by atoms with E-state index in [1.54, 1.807) is 16.2 Å². The molecule has 4 nitrogen and oxygen atoms in total. The highest BCUT2D eigenvalue weighted by atomic mass is 32.1. The molecule has 1 aromatic carbocycles. The van der Waals surface area contributed by atoms with Crippen molar-refractivity contribution in [1.29, 1.82) is 0 Å². The third kappa shape index (κ3) is 2.94. The molecule has 1 aromatic heterocycles. The van der Waals surface area contributed by atoms with Crippen molar-refractivity contribution >= 4 is 28.8 Å². The molecule has 0 spiro atoms. The minimum Gasteiger partial charge on any atom is -0.335 e. The number of rotatable bonds is 3. The second kappa shape index (κ2) is 6.88. The van der Waals surface area contributed by atoms with E-state index in [1.165, 1.54) is 10.4 Å². The van der Waals surface area contributed by atoms with Crippen molar-refractivity contribution in [2.75, 3.05) is 18.0 Å². The van der Waals surface area contributed by atoms with Crippen LogP contribution >= 0.6 is 11.3 Å². The van der Waals surface area contributed by atoms with Gasteiger partial charge < -0.3 is 9.80 Å². The van der Waals surface area contributed by atoms with Gasteiger partial charge in [-0.15, -0.1) is 11.3 Å². The lowest BCUT2D eigenvalue weighted by molar-refractivity contribution is -0.136. The molecule has 0 unspecified atom stereocenters. The van der Waals surface area contributed by atoms with Crippen LogP contribution in [0.15, 0.2) is 35.7 Å². The first-order chi connectivity index (χ1) is 12.6. The highest BCUT2D eigenvalue weighted by Crippen LogP contribution is 2.37. The van der Waals surface area contributed by atoms with Gasteiger partial charge in [-0.2, -0.15) is 0 Å². The van der Waals surface area contributed by atoms with E-state index in [0.29, 0.717) is 13.0 Å². The fraction of sp³-hybridized carbons (Fsp3) is 0.429. The Kier molecular flexibility index (Phi) is 4.57. The summed E-state index contributed by atoms with van der Waals surface area (Å²) >= 11 is 1.71. The van der Waals surface area contributed by atoms with E-state index < -0.39 is 0 Å². The minimum atomic E-state index is -0.233. The average molecular weight is 369 g/mol. The lowest BCUT2D eigenvalue weighted by Crippen LogP contribution is -2.37. The molecule has 2 fully saturated rings. The molecule has 2 aliphatic rings. The number of carbonyl (C=O) groups is 2. The number of carbonyl (C=O) groups excluding carboxylic acids is 2. The maximum absolute atomic E-state index is 13.2. The number of amides is 2. The Morgan fingerprint density at radius 3 is 2.81 bits per heavy atom. The predicted molar refractivity (Wildman–Crippen MR) is 104 cm³/mol. The van der Waals surface area contributed by atoms with Gasteiger partial charge in [0.05, 0.1) is 12.0 Å². The predicted octanol–water partition coefficient (Wildman–Crippen LogP) is 4.08. The number of anilines is 1. The lowest BCUT2D eigenvalue weighted by atomic mass is 10.1. The Morgan fingerprint density at radius 1 is 1.19 bits per heavy atom. The SMILES string of the molecule is Cc1cccc(N2C[C@@H](C(=O)N3CCC[C@@H]3c3cccs3)CC2=O)c1C. The van der Waals surface area contributed by atoms with E-state index in [2.05, 4.69) is 24.4 Å². The van der Waals surface area contributed by atoms with Gasteiger partial charge in [-0.25, -0.2) is 0 Å². The number of nitrogens with zero attached hydrogens (tertiary/aromatic N) is 2. The molecule has 0 saturated carbocycles. The Balaban J connectivity index is 1.53. The van der Waals surface area contributed by atoms with E-state index in [4.69, 9.17) is 0 Å². The maximum atomic E-state index is 13.2.